The van der Waals surface area contributed by atoms with Crippen LogP contribution in [0.5, 0.6) is 0 Å². The van der Waals surface area contributed by atoms with Crippen molar-refractivity contribution in [2.75, 3.05) is 26.3 Å². The number of nitrogens with zero attached hydrogens (tertiary/aromatic N) is 2. The summed E-state index contributed by atoms with van der Waals surface area (Å²) < 4.78 is 5.38. The van der Waals surface area contributed by atoms with Gasteiger partial charge in [0.2, 0.25) is 5.91 Å². The summed E-state index contributed by atoms with van der Waals surface area (Å²) >= 11 is 1.61. The third-order valence-electron chi connectivity index (χ3n) is 5.33. The fourth-order valence-electron chi connectivity index (χ4n) is 4.12. The van der Waals surface area contributed by atoms with Crippen LogP contribution in [0.25, 0.3) is 0 Å². The van der Waals surface area contributed by atoms with Gasteiger partial charge in [0, 0.05) is 42.4 Å². The van der Waals surface area contributed by atoms with Gasteiger partial charge in [0.1, 0.15) is 0 Å². The van der Waals surface area contributed by atoms with Crippen LogP contribution < -0.4 is 0 Å². The minimum Gasteiger partial charge on any atom is -0.378 e. The Morgan fingerprint density at radius 3 is 2.84 bits per heavy atom. The Hall–Kier alpha value is -1.79. The van der Waals surface area contributed by atoms with Crippen molar-refractivity contribution >= 4 is 28.7 Å². The van der Waals surface area contributed by atoms with Gasteiger partial charge in [-0.05, 0) is 42.2 Å². The maximum atomic E-state index is 13.3. The highest BCUT2D eigenvalue weighted by atomic mass is 32.1. The van der Waals surface area contributed by atoms with Crippen molar-refractivity contribution in [3.63, 3.8) is 0 Å². The number of ether oxygens (including phenoxy) is 1. The van der Waals surface area contributed by atoms with Crippen molar-refractivity contribution in [1.29, 1.82) is 0 Å². The summed E-state index contributed by atoms with van der Waals surface area (Å²) in [5.74, 6) is -0.338. The highest BCUT2D eigenvalue weighted by Crippen LogP contribution is 2.44. The molecule has 2 aliphatic heterocycles. The quantitative estimate of drug-likeness (QED) is 0.817. The fraction of sp³-hybridized carbons (Fsp3) is 0.526. The Morgan fingerprint density at radius 1 is 1.32 bits per heavy atom. The number of morpholine rings is 1. The maximum Gasteiger partial charge on any atom is 0.232 e. The molecule has 0 aromatic carbocycles. The number of thiophene rings is 1. The minimum absolute atomic E-state index is 0.0747. The van der Waals surface area contributed by atoms with E-state index in [9.17, 15) is 9.59 Å². The van der Waals surface area contributed by atoms with Crippen LogP contribution in [-0.4, -0.2) is 48.6 Å². The number of ketones is 1. The monoisotopic (exact) mass is 358 g/mol. The average Bonchev–Trinajstić information content (AvgIpc) is 3.15. The van der Waals surface area contributed by atoms with E-state index in [2.05, 4.69) is 5.38 Å². The van der Waals surface area contributed by atoms with E-state index in [1.807, 2.05) is 23.3 Å². The summed E-state index contributed by atoms with van der Waals surface area (Å²) in [4.78, 5) is 32.6. The van der Waals surface area contributed by atoms with Gasteiger partial charge < -0.3 is 9.64 Å². The van der Waals surface area contributed by atoms with E-state index in [0.29, 0.717) is 32.7 Å². The zero-order chi connectivity index (χ0) is 17.4. The van der Waals surface area contributed by atoms with Gasteiger partial charge in [-0.3, -0.25) is 14.6 Å². The van der Waals surface area contributed by atoms with Crippen LogP contribution in [-0.2, 0) is 14.3 Å². The lowest BCUT2D eigenvalue weighted by molar-refractivity contribution is -0.137. The Bertz CT molecular complexity index is 745. The van der Waals surface area contributed by atoms with E-state index in [4.69, 9.17) is 9.73 Å². The van der Waals surface area contributed by atoms with E-state index >= 15 is 0 Å². The Morgan fingerprint density at radius 2 is 2.12 bits per heavy atom. The summed E-state index contributed by atoms with van der Waals surface area (Å²) in [7, 11) is 0. The van der Waals surface area contributed by atoms with Crippen LogP contribution in [0.15, 0.2) is 33.1 Å². The van der Waals surface area contributed by atoms with Crippen LogP contribution in [0.1, 0.15) is 37.7 Å². The van der Waals surface area contributed by atoms with Gasteiger partial charge in [0.15, 0.2) is 5.78 Å². The van der Waals surface area contributed by atoms with Crippen molar-refractivity contribution in [3.05, 3.63) is 33.7 Å². The van der Waals surface area contributed by atoms with E-state index in [-0.39, 0.29) is 23.5 Å². The van der Waals surface area contributed by atoms with Crippen LogP contribution in [0.2, 0.25) is 0 Å². The first-order valence-electron chi connectivity index (χ1n) is 8.87. The van der Waals surface area contributed by atoms with Crippen LogP contribution in [0, 0.1) is 5.92 Å². The number of carbonyl (C=O) groups excluding carboxylic acids is 2. The van der Waals surface area contributed by atoms with Gasteiger partial charge in [-0.15, -0.1) is 0 Å². The normalized spacial score (nSPS) is 27.2. The molecule has 0 spiro atoms. The topological polar surface area (TPSA) is 59.0 Å². The molecule has 1 aromatic rings. The lowest BCUT2D eigenvalue weighted by atomic mass is 9.72. The first-order chi connectivity index (χ1) is 12.2. The standard InChI is InChI=1S/C19H22N2O3S/c1-12-16(19(23)21-6-8-24-9-7-21)17(13-5-10-25-11-13)18-14(20-12)3-2-4-15(18)22/h5,10-11,16-17H,2-4,6-9H2,1H3/t16?,17-/m0/s1. The predicted octanol–water partition coefficient (Wildman–Crippen LogP) is 2.79. The van der Waals surface area contributed by atoms with Gasteiger partial charge in [0.05, 0.1) is 19.1 Å². The smallest absolute Gasteiger partial charge is 0.232 e. The number of Topliss-reactive ketones (excluding diaryl/α,β-unsaturated/α-hetero) is 1. The van der Waals surface area contributed by atoms with Gasteiger partial charge in [0.25, 0.3) is 0 Å². The number of hydrogen-bond acceptors (Lipinski definition) is 5. The number of aliphatic imine (C=N–C) groups is 1. The zero-order valence-electron chi connectivity index (χ0n) is 14.4. The number of rotatable bonds is 2. The Kier molecular flexibility index (Phi) is 4.56. The molecule has 1 amide bonds. The lowest BCUT2D eigenvalue weighted by Gasteiger charge is -2.38. The second kappa shape index (κ2) is 6.84. The van der Waals surface area contributed by atoms with E-state index < -0.39 is 0 Å². The molecule has 1 aliphatic carbocycles. The molecule has 0 radical (unpaired) electrons. The largest absolute Gasteiger partial charge is 0.378 e. The Balaban J connectivity index is 1.77. The number of carbonyl (C=O) groups is 2. The molecule has 6 heteroatoms. The highest BCUT2D eigenvalue weighted by Gasteiger charge is 2.43. The molecule has 25 heavy (non-hydrogen) atoms. The minimum atomic E-state index is -0.381. The molecule has 1 unspecified atom stereocenters. The first-order valence-corrected chi connectivity index (χ1v) is 9.81. The molecule has 1 aromatic heterocycles. The van der Waals surface area contributed by atoms with Gasteiger partial charge in [-0.2, -0.15) is 11.3 Å². The molecule has 1 saturated heterocycles. The Labute approximate surface area is 151 Å². The molecular weight excluding hydrogens is 336 g/mol. The van der Waals surface area contributed by atoms with Crippen molar-refractivity contribution in [1.82, 2.24) is 4.90 Å². The third-order valence-corrected chi connectivity index (χ3v) is 6.03. The number of hydrogen-bond donors (Lipinski definition) is 0. The molecule has 3 aliphatic rings. The van der Waals surface area contributed by atoms with Gasteiger partial charge in [-0.25, -0.2) is 0 Å². The fourth-order valence-corrected chi connectivity index (χ4v) is 4.82. The molecule has 3 heterocycles. The van der Waals surface area contributed by atoms with Crippen molar-refractivity contribution in [3.8, 4) is 0 Å². The number of amides is 1. The molecule has 132 valence electrons. The van der Waals surface area contributed by atoms with E-state index in [0.717, 1.165) is 35.4 Å². The lowest BCUT2D eigenvalue weighted by Crippen LogP contribution is -2.48. The van der Waals surface area contributed by atoms with Crippen LogP contribution in [0.4, 0.5) is 0 Å². The number of allylic oxidation sites excluding steroid dienone is 2. The molecule has 2 atom stereocenters. The molecule has 0 saturated carbocycles. The molecule has 4 rings (SSSR count). The second-order valence-corrected chi connectivity index (χ2v) is 7.62. The summed E-state index contributed by atoms with van der Waals surface area (Å²) in [6, 6.07) is 2.04. The highest BCUT2D eigenvalue weighted by molar-refractivity contribution is 7.08. The molecular formula is C19H22N2O3S. The average molecular weight is 358 g/mol. The van der Waals surface area contributed by atoms with Crippen LogP contribution in [0.3, 0.4) is 0 Å². The van der Waals surface area contributed by atoms with Crippen molar-refractivity contribution in [2.24, 2.45) is 10.9 Å². The molecule has 0 bridgehead atoms. The molecule has 1 fully saturated rings. The summed E-state index contributed by atoms with van der Waals surface area (Å²) in [5, 5.41) is 4.08. The summed E-state index contributed by atoms with van der Waals surface area (Å²) in [5.41, 5.74) is 3.58. The zero-order valence-corrected chi connectivity index (χ0v) is 15.2. The van der Waals surface area contributed by atoms with E-state index in [1.165, 1.54) is 0 Å². The summed E-state index contributed by atoms with van der Waals surface area (Å²) in [6.45, 7) is 4.30. The second-order valence-electron chi connectivity index (χ2n) is 6.84. The van der Waals surface area contributed by atoms with Gasteiger partial charge >= 0.3 is 0 Å². The van der Waals surface area contributed by atoms with E-state index in [1.54, 1.807) is 11.3 Å². The van der Waals surface area contributed by atoms with Gasteiger partial charge in [-0.1, -0.05) is 0 Å². The third kappa shape index (κ3) is 2.98. The molecule has 5 nitrogen and oxygen atoms in total. The first kappa shape index (κ1) is 16.7. The maximum absolute atomic E-state index is 13.3. The SMILES string of the molecule is CC1=NC2=C(C(=O)CCC2)[C@@H](c2ccsc2)C1C(=O)N1CCOCC1. The van der Waals surface area contributed by atoms with Crippen LogP contribution >= 0.6 is 11.3 Å². The van der Waals surface area contributed by atoms with Crippen molar-refractivity contribution < 1.29 is 14.3 Å². The summed E-state index contributed by atoms with van der Waals surface area (Å²) in [6.07, 6.45) is 2.25. The van der Waals surface area contributed by atoms with Crippen molar-refractivity contribution in [2.45, 2.75) is 32.1 Å². The molecule has 0 N–H and O–H groups in total. The predicted molar refractivity (Wildman–Crippen MR) is 96.9 cm³/mol.